The topological polar surface area (TPSA) is 129 Å². The second kappa shape index (κ2) is 16.8. The van der Waals surface area contributed by atoms with E-state index in [0.29, 0.717) is 17.9 Å². The molecule has 4 aromatic rings. The van der Waals surface area contributed by atoms with Gasteiger partial charge in [-0.1, -0.05) is 38.1 Å². The van der Waals surface area contributed by atoms with Gasteiger partial charge in [0.1, 0.15) is 11.5 Å². The van der Waals surface area contributed by atoms with Gasteiger partial charge in [-0.05, 0) is 117 Å². The molecule has 0 spiro atoms. The van der Waals surface area contributed by atoms with Crippen LogP contribution in [0.4, 0.5) is 32.3 Å². The van der Waals surface area contributed by atoms with Crippen LogP contribution in [0.5, 0.6) is 11.5 Å². The van der Waals surface area contributed by atoms with E-state index in [1.54, 1.807) is 24.3 Å². The zero-order valence-electron chi connectivity index (χ0n) is 29.5. The molecule has 1 atom stereocenters. The van der Waals surface area contributed by atoms with E-state index < -0.39 is 0 Å². The third kappa shape index (κ3) is 9.40. The molecule has 4 aromatic carbocycles. The number of phenols is 2. The number of urea groups is 2. The molecule has 6 N–H and O–H groups in total. The number of carbonyl (C=O) groups is 2. The number of benzene rings is 4. The van der Waals surface area contributed by atoms with Crippen molar-refractivity contribution in [3.05, 3.63) is 96.1 Å². The number of aryl methyl sites for hydroxylation is 2. The maximum Gasteiger partial charge on any atom is 0.319 e. The number of nitrogens with zero attached hydrogens (tertiary/aromatic N) is 2. The van der Waals surface area contributed by atoms with Gasteiger partial charge in [-0.15, -0.1) is 0 Å². The van der Waals surface area contributed by atoms with Crippen molar-refractivity contribution in [2.24, 2.45) is 0 Å². The van der Waals surface area contributed by atoms with Gasteiger partial charge in [0, 0.05) is 60.9 Å². The molecular weight excluding hydrogens is 628 g/mol. The predicted octanol–water partition coefficient (Wildman–Crippen LogP) is 7.99. The molecule has 10 nitrogen and oxygen atoms in total. The van der Waals surface area contributed by atoms with E-state index in [9.17, 15) is 19.8 Å². The summed E-state index contributed by atoms with van der Waals surface area (Å²) in [7, 11) is 0. The zero-order chi connectivity index (χ0) is 35.6. The highest BCUT2D eigenvalue weighted by Crippen LogP contribution is 2.32. The lowest BCUT2D eigenvalue weighted by atomic mass is 9.99. The summed E-state index contributed by atoms with van der Waals surface area (Å²) in [5.74, 6) is 0.486. The molecule has 2 saturated heterocycles. The molecule has 50 heavy (non-hydrogen) atoms. The van der Waals surface area contributed by atoms with Crippen molar-refractivity contribution >= 4 is 34.8 Å². The van der Waals surface area contributed by atoms with E-state index >= 15 is 0 Å². The van der Waals surface area contributed by atoms with Gasteiger partial charge >= 0.3 is 12.1 Å². The lowest BCUT2D eigenvalue weighted by molar-refractivity contribution is 0.245. The van der Waals surface area contributed by atoms with Gasteiger partial charge in [0.25, 0.3) is 0 Å². The number of piperidine rings is 2. The standard InChI is InChI=1S/C38H44N6O4.C2H6/c1-25-5-16-34(36(22-25)42-37(47)39-28-17-20-43(21-18-28)30-8-12-32(45)13-9-30)27-7-6-26(2)35(23-27)41-38(48)40-29-4-3-19-44(24-29)31-10-14-33(46)15-11-31;1-2/h5-16,22-23,28-29,45-46H,3-4,17-21,24H2,1-2H3,(H2,39,42,47)(H2,40,41,48);1-2H3. The van der Waals surface area contributed by atoms with E-state index in [2.05, 4.69) is 31.1 Å². The maximum atomic E-state index is 13.2. The third-order valence-corrected chi connectivity index (χ3v) is 9.24. The number of anilines is 4. The molecule has 2 aliphatic rings. The van der Waals surface area contributed by atoms with Crippen LogP contribution in [-0.4, -0.2) is 60.5 Å². The van der Waals surface area contributed by atoms with Crippen molar-refractivity contribution in [3.8, 4) is 22.6 Å². The van der Waals surface area contributed by atoms with Gasteiger partial charge in [-0.2, -0.15) is 0 Å². The summed E-state index contributed by atoms with van der Waals surface area (Å²) in [5, 5.41) is 31.7. The third-order valence-electron chi connectivity index (χ3n) is 9.24. The number of amides is 4. The van der Waals surface area contributed by atoms with Gasteiger partial charge in [0.15, 0.2) is 0 Å². The Hall–Kier alpha value is -5.38. The van der Waals surface area contributed by atoms with Gasteiger partial charge in [0.05, 0.1) is 5.69 Å². The maximum absolute atomic E-state index is 13.2. The summed E-state index contributed by atoms with van der Waals surface area (Å²) in [6.07, 6.45) is 3.48. The fraction of sp³-hybridized carbons (Fsp3) is 0.350. The van der Waals surface area contributed by atoms with Crippen LogP contribution >= 0.6 is 0 Å². The largest absolute Gasteiger partial charge is 0.508 e. The van der Waals surface area contributed by atoms with Gasteiger partial charge in [-0.3, -0.25) is 0 Å². The molecule has 0 aromatic heterocycles. The molecule has 264 valence electrons. The first-order valence-corrected chi connectivity index (χ1v) is 17.6. The van der Waals surface area contributed by atoms with Crippen molar-refractivity contribution in [2.45, 2.75) is 65.5 Å². The molecule has 0 radical (unpaired) electrons. The minimum absolute atomic E-state index is 0.0116. The average molecular weight is 679 g/mol. The van der Waals surface area contributed by atoms with E-state index in [1.807, 2.05) is 88.4 Å². The molecule has 10 heteroatoms. The summed E-state index contributed by atoms with van der Waals surface area (Å²) in [6.45, 7) is 11.2. The number of nitrogens with one attached hydrogen (secondary N) is 4. The summed E-state index contributed by atoms with van der Waals surface area (Å²) in [4.78, 5) is 30.9. The Morgan fingerprint density at radius 2 is 1.22 bits per heavy atom. The highest BCUT2D eigenvalue weighted by molar-refractivity contribution is 5.96. The molecule has 1 unspecified atom stereocenters. The monoisotopic (exact) mass is 678 g/mol. The number of hydrogen-bond acceptors (Lipinski definition) is 6. The van der Waals surface area contributed by atoms with Crippen molar-refractivity contribution in [3.63, 3.8) is 0 Å². The SMILES string of the molecule is CC.Cc1ccc(-c2ccc(C)c(NC(=O)NC3CCCN(c4ccc(O)cc4)C3)c2)c(NC(=O)NC2CCN(c3ccc(O)cc3)CC2)c1. The Labute approximate surface area is 295 Å². The lowest BCUT2D eigenvalue weighted by Gasteiger charge is -2.34. The Morgan fingerprint density at radius 3 is 1.86 bits per heavy atom. The predicted molar refractivity (Wildman–Crippen MR) is 204 cm³/mol. The second-order valence-corrected chi connectivity index (χ2v) is 12.9. The van der Waals surface area contributed by atoms with Crippen LogP contribution in [0.1, 0.15) is 50.7 Å². The van der Waals surface area contributed by atoms with Crippen LogP contribution in [0.25, 0.3) is 11.1 Å². The number of rotatable bonds is 7. The number of hydrogen-bond donors (Lipinski definition) is 6. The van der Waals surface area contributed by atoms with Crippen LogP contribution in [0.15, 0.2) is 84.9 Å². The van der Waals surface area contributed by atoms with E-state index in [0.717, 1.165) is 78.9 Å². The second-order valence-electron chi connectivity index (χ2n) is 12.9. The molecule has 2 heterocycles. The summed E-state index contributed by atoms with van der Waals surface area (Å²) in [6, 6.07) is 25.8. The fourth-order valence-electron chi connectivity index (χ4n) is 6.56. The van der Waals surface area contributed by atoms with Crippen LogP contribution in [0.2, 0.25) is 0 Å². The molecular formula is C40H50N6O4. The average Bonchev–Trinajstić information content (AvgIpc) is 3.11. The minimum atomic E-state index is -0.258. The highest BCUT2D eigenvalue weighted by Gasteiger charge is 2.23. The molecule has 6 rings (SSSR count). The smallest absolute Gasteiger partial charge is 0.319 e. The van der Waals surface area contributed by atoms with Crippen LogP contribution in [0, 0.1) is 13.8 Å². The number of carbonyl (C=O) groups excluding carboxylic acids is 2. The molecule has 0 aliphatic carbocycles. The molecule has 2 fully saturated rings. The van der Waals surface area contributed by atoms with Crippen LogP contribution in [-0.2, 0) is 0 Å². The van der Waals surface area contributed by atoms with Gasteiger partial charge in [-0.25, -0.2) is 9.59 Å². The first-order chi connectivity index (χ1) is 24.2. The minimum Gasteiger partial charge on any atom is -0.508 e. The number of aromatic hydroxyl groups is 2. The summed E-state index contributed by atoms with van der Waals surface area (Å²) < 4.78 is 0. The van der Waals surface area contributed by atoms with Crippen molar-refractivity contribution in [1.29, 1.82) is 0 Å². The lowest BCUT2D eigenvalue weighted by Crippen LogP contribution is -2.49. The Bertz CT molecular complexity index is 1740. The van der Waals surface area contributed by atoms with Crippen molar-refractivity contribution in [1.82, 2.24) is 10.6 Å². The molecule has 0 saturated carbocycles. The quantitative estimate of drug-likeness (QED) is 0.118. The summed E-state index contributed by atoms with van der Waals surface area (Å²) in [5.41, 5.74) is 7.18. The first-order valence-electron chi connectivity index (χ1n) is 17.6. The number of phenolic OH excluding ortho intramolecular Hbond substituents is 2. The fourth-order valence-corrected chi connectivity index (χ4v) is 6.56. The van der Waals surface area contributed by atoms with Crippen molar-refractivity contribution in [2.75, 3.05) is 46.6 Å². The van der Waals surface area contributed by atoms with Gasteiger partial charge < -0.3 is 41.3 Å². The Morgan fingerprint density at radius 1 is 0.640 bits per heavy atom. The Kier molecular flexibility index (Phi) is 12.1. The van der Waals surface area contributed by atoms with E-state index in [-0.39, 0.29) is 35.6 Å². The van der Waals surface area contributed by atoms with Gasteiger partial charge in [0.2, 0.25) is 0 Å². The molecule has 0 bridgehead atoms. The van der Waals surface area contributed by atoms with E-state index in [1.165, 1.54) is 0 Å². The highest BCUT2D eigenvalue weighted by atomic mass is 16.3. The van der Waals surface area contributed by atoms with Crippen LogP contribution in [0.3, 0.4) is 0 Å². The van der Waals surface area contributed by atoms with Crippen LogP contribution < -0.4 is 31.1 Å². The zero-order valence-corrected chi connectivity index (χ0v) is 29.5. The normalized spacial score (nSPS) is 16.1. The van der Waals surface area contributed by atoms with E-state index in [4.69, 9.17) is 0 Å². The Balaban J connectivity index is 0.00000239. The first kappa shape index (κ1) is 35.9. The molecule has 4 amide bonds. The van der Waals surface area contributed by atoms with Crippen molar-refractivity contribution < 1.29 is 19.8 Å². The molecule has 2 aliphatic heterocycles. The summed E-state index contributed by atoms with van der Waals surface area (Å²) >= 11 is 0.